The summed E-state index contributed by atoms with van der Waals surface area (Å²) in [6, 6.07) is 6.84. The maximum absolute atomic E-state index is 5.61. The normalized spacial score (nSPS) is 21.7. The van der Waals surface area contributed by atoms with Crippen LogP contribution in [0.15, 0.2) is 18.2 Å². The molecule has 0 radical (unpaired) electrons. The summed E-state index contributed by atoms with van der Waals surface area (Å²) in [5, 5.41) is 3.54. The van der Waals surface area contributed by atoms with Gasteiger partial charge in [-0.1, -0.05) is 32.4 Å². The number of hydrogen-bond acceptors (Lipinski definition) is 2. The molecule has 0 bridgehead atoms. The van der Waals surface area contributed by atoms with Gasteiger partial charge in [0.05, 0.1) is 7.11 Å². The standard InChI is InChI=1S/C17H27NO/c1-4-13(2)16-9-8-14(11-17(16)19-3)15-7-5-6-10-18-12-15/h8-9,11,13,15,18H,4-7,10,12H2,1-3H3. The van der Waals surface area contributed by atoms with Crippen molar-refractivity contribution in [2.75, 3.05) is 20.2 Å². The molecule has 106 valence electrons. The molecule has 2 heteroatoms. The molecule has 1 saturated heterocycles. The Labute approximate surface area is 117 Å². The minimum absolute atomic E-state index is 0.566. The zero-order chi connectivity index (χ0) is 13.7. The smallest absolute Gasteiger partial charge is 0.122 e. The molecule has 0 aromatic heterocycles. The second kappa shape index (κ2) is 6.95. The SMILES string of the molecule is CCC(C)c1ccc(C2CCCCNC2)cc1OC. The monoisotopic (exact) mass is 261 g/mol. The van der Waals surface area contributed by atoms with Crippen molar-refractivity contribution >= 4 is 0 Å². The van der Waals surface area contributed by atoms with E-state index in [4.69, 9.17) is 4.74 Å². The van der Waals surface area contributed by atoms with Crippen LogP contribution in [0.25, 0.3) is 0 Å². The first-order valence-electron chi connectivity index (χ1n) is 7.64. The number of ether oxygens (including phenoxy) is 1. The minimum atomic E-state index is 0.566. The van der Waals surface area contributed by atoms with Crippen LogP contribution in [0.1, 0.15) is 62.5 Å². The van der Waals surface area contributed by atoms with Gasteiger partial charge in [-0.2, -0.15) is 0 Å². The fourth-order valence-electron chi connectivity index (χ4n) is 2.91. The van der Waals surface area contributed by atoms with Gasteiger partial charge in [0.15, 0.2) is 0 Å². The zero-order valence-corrected chi connectivity index (χ0v) is 12.5. The molecule has 2 nitrogen and oxygen atoms in total. The molecule has 1 fully saturated rings. The molecule has 19 heavy (non-hydrogen) atoms. The zero-order valence-electron chi connectivity index (χ0n) is 12.5. The van der Waals surface area contributed by atoms with Crippen LogP contribution in [0.4, 0.5) is 0 Å². The molecule has 0 spiro atoms. The van der Waals surface area contributed by atoms with Gasteiger partial charge in [-0.25, -0.2) is 0 Å². The van der Waals surface area contributed by atoms with Crippen molar-refractivity contribution < 1.29 is 4.74 Å². The number of methoxy groups -OCH3 is 1. The summed E-state index contributed by atoms with van der Waals surface area (Å²) in [4.78, 5) is 0. The van der Waals surface area contributed by atoms with Crippen LogP contribution in [0.5, 0.6) is 5.75 Å². The number of nitrogens with one attached hydrogen (secondary N) is 1. The molecular weight excluding hydrogens is 234 g/mol. The van der Waals surface area contributed by atoms with E-state index in [0.29, 0.717) is 11.8 Å². The molecule has 1 heterocycles. The Hall–Kier alpha value is -1.02. The topological polar surface area (TPSA) is 21.3 Å². The Balaban J connectivity index is 2.22. The van der Waals surface area contributed by atoms with Gasteiger partial charge >= 0.3 is 0 Å². The molecular formula is C17H27NO. The van der Waals surface area contributed by atoms with Crippen LogP contribution in [0, 0.1) is 0 Å². The summed E-state index contributed by atoms with van der Waals surface area (Å²) in [6.45, 7) is 6.77. The van der Waals surface area contributed by atoms with Crippen LogP contribution in [-0.2, 0) is 0 Å². The molecule has 1 aromatic carbocycles. The molecule has 0 amide bonds. The van der Waals surface area contributed by atoms with Gasteiger partial charge in [-0.15, -0.1) is 0 Å². The van der Waals surface area contributed by atoms with Gasteiger partial charge in [0.25, 0.3) is 0 Å². The quantitative estimate of drug-likeness (QED) is 0.882. The lowest BCUT2D eigenvalue weighted by Crippen LogP contribution is -2.19. The molecule has 1 aliphatic heterocycles. The molecule has 1 N–H and O–H groups in total. The lowest BCUT2D eigenvalue weighted by Gasteiger charge is -2.19. The Morgan fingerprint density at radius 1 is 1.37 bits per heavy atom. The maximum atomic E-state index is 5.61. The first kappa shape index (κ1) is 14.4. The lowest BCUT2D eigenvalue weighted by atomic mass is 9.90. The Kier molecular flexibility index (Phi) is 5.26. The van der Waals surface area contributed by atoms with Crippen LogP contribution >= 0.6 is 0 Å². The number of hydrogen-bond donors (Lipinski definition) is 1. The van der Waals surface area contributed by atoms with E-state index >= 15 is 0 Å². The van der Waals surface area contributed by atoms with Crippen molar-refractivity contribution in [3.8, 4) is 5.75 Å². The van der Waals surface area contributed by atoms with Crippen LogP contribution in [0.3, 0.4) is 0 Å². The molecule has 2 unspecified atom stereocenters. The van der Waals surface area contributed by atoms with Crippen molar-refractivity contribution in [1.29, 1.82) is 0 Å². The molecule has 2 rings (SSSR count). The molecule has 1 aliphatic rings. The summed E-state index contributed by atoms with van der Waals surface area (Å²) in [5.74, 6) is 2.27. The van der Waals surface area contributed by atoms with E-state index in [1.807, 2.05) is 0 Å². The van der Waals surface area contributed by atoms with Gasteiger partial charge in [0.2, 0.25) is 0 Å². The second-order valence-electron chi connectivity index (χ2n) is 5.71. The van der Waals surface area contributed by atoms with Crippen molar-refractivity contribution in [3.63, 3.8) is 0 Å². The third kappa shape index (κ3) is 3.50. The average molecular weight is 261 g/mol. The Morgan fingerprint density at radius 2 is 2.21 bits per heavy atom. The average Bonchev–Trinajstić information content (AvgIpc) is 2.74. The summed E-state index contributed by atoms with van der Waals surface area (Å²) < 4.78 is 5.61. The highest BCUT2D eigenvalue weighted by atomic mass is 16.5. The highest BCUT2D eigenvalue weighted by molar-refractivity contribution is 5.41. The Bertz CT molecular complexity index is 394. The van der Waals surface area contributed by atoms with E-state index in [2.05, 4.69) is 37.4 Å². The van der Waals surface area contributed by atoms with Gasteiger partial charge < -0.3 is 10.1 Å². The molecule has 1 aromatic rings. The van der Waals surface area contributed by atoms with E-state index in [0.717, 1.165) is 18.7 Å². The van der Waals surface area contributed by atoms with Crippen LogP contribution in [0.2, 0.25) is 0 Å². The lowest BCUT2D eigenvalue weighted by molar-refractivity contribution is 0.404. The second-order valence-corrected chi connectivity index (χ2v) is 5.71. The predicted molar refractivity (Wildman–Crippen MR) is 81.2 cm³/mol. The largest absolute Gasteiger partial charge is 0.496 e. The van der Waals surface area contributed by atoms with Crippen molar-refractivity contribution in [1.82, 2.24) is 5.32 Å². The fourth-order valence-corrected chi connectivity index (χ4v) is 2.91. The number of rotatable bonds is 4. The van der Waals surface area contributed by atoms with Crippen molar-refractivity contribution in [2.24, 2.45) is 0 Å². The van der Waals surface area contributed by atoms with Crippen LogP contribution < -0.4 is 10.1 Å². The predicted octanol–water partition coefficient (Wildman–Crippen LogP) is 4.07. The Morgan fingerprint density at radius 3 is 2.95 bits per heavy atom. The summed E-state index contributed by atoms with van der Waals surface area (Å²) in [6.07, 6.45) is 5.07. The van der Waals surface area contributed by atoms with Gasteiger partial charge in [0.1, 0.15) is 5.75 Å². The third-order valence-electron chi connectivity index (χ3n) is 4.42. The van der Waals surface area contributed by atoms with Crippen LogP contribution in [-0.4, -0.2) is 20.2 Å². The molecule has 0 aliphatic carbocycles. The van der Waals surface area contributed by atoms with Crippen molar-refractivity contribution in [2.45, 2.75) is 51.4 Å². The third-order valence-corrected chi connectivity index (χ3v) is 4.42. The molecule has 2 atom stereocenters. The van der Waals surface area contributed by atoms with Crippen molar-refractivity contribution in [3.05, 3.63) is 29.3 Å². The van der Waals surface area contributed by atoms with Gasteiger partial charge in [0, 0.05) is 6.54 Å². The van der Waals surface area contributed by atoms with E-state index < -0.39 is 0 Å². The first-order valence-corrected chi connectivity index (χ1v) is 7.64. The van der Waals surface area contributed by atoms with Gasteiger partial charge in [-0.05, 0) is 54.8 Å². The summed E-state index contributed by atoms with van der Waals surface area (Å²) in [7, 11) is 1.79. The summed E-state index contributed by atoms with van der Waals surface area (Å²) >= 11 is 0. The van der Waals surface area contributed by atoms with Gasteiger partial charge in [-0.3, -0.25) is 0 Å². The van der Waals surface area contributed by atoms with E-state index in [1.165, 1.54) is 36.9 Å². The molecule has 0 saturated carbocycles. The van der Waals surface area contributed by atoms with E-state index in [9.17, 15) is 0 Å². The number of benzene rings is 1. The minimum Gasteiger partial charge on any atom is -0.496 e. The highest BCUT2D eigenvalue weighted by Crippen LogP contribution is 2.33. The summed E-state index contributed by atoms with van der Waals surface area (Å²) in [5.41, 5.74) is 2.77. The maximum Gasteiger partial charge on any atom is 0.122 e. The first-order chi connectivity index (χ1) is 9.26. The fraction of sp³-hybridized carbons (Fsp3) is 0.647. The van der Waals surface area contributed by atoms with E-state index in [-0.39, 0.29) is 0 Å². The van der Waals surface area contributed by atoms with E-state index in [1.54, 1.807) is 7.11 Å². The highest BCUT2D eigenvalue weighted by Gasteiger charge is 2.17.